The number of benzene rings is 1. The van der Waals surface area contributed by atoms with Crippen molar-refractivity contribution in [1.29, 1.82) is 0 Å². The van der Waals surface area contributed by atoms with Crippen LogP contribution < -0.4 is 10.1 Å². The van der Waals surface area contributed by atoms with Crippen LogP contribution in [0, 0.1) is 0 Å². The molecular weight excluding hydrogens is 376 g/mol. The smallest absolute Gasteiger partial charge is 0.230 e. The second-order valence-electron chi connectivity index (χ2n) is 6.05. The summed E-state index contributed by atoms with van der Waals surface area (Å²) in [6, 6.07) is 7.19. The summed E-state index contributed by atoms with van der Waals surface area (Å²) in [4.78, 5) is 12.0. The third kappa shape index (κ3) is 4.36. The van der Waals surface area contributed by atoms with Crippen LogP contribution in [0.5, 0.6) is 5.75 Å². The lowest BCUT2D eigenvalue weighted by molar-refractivity contribution is -0.119. The first kappa shape index (κ1) is 18.7. The number of aromatic nitrogens is 3. The van der Waals surface area contributed by atoms with Crippen molar-refractivity contribution in [1.82, 2.24) is 20.1 Å². The molecule has 0 radical (unpaired) electrons. The van der Waals surface area contributed by atoms with Crippen molar-refractivity contribution < 1.29 is 17.9 Å². The van der Waals surface area contributed by atoms with Crippen LogP contribution in [0.1, 0.15) is 6.42 Å². The topological polar surface area (TPSA) is 103 Å². The molecule has 10 heteroatoms. The highest BCUT2D eigenvalue weighted by Crippen LogP contribution is 2.24. The molecule has 3 rings (SSSR count). The Bertz CT molecular complexity index is 893. The van der Waals surface area contributed by atoms with Gasteiger partial charge in [0.2, 0.25) is 5.91 Å². The summed E-state index contributed by atoms with van der Waals surface area (Å²) in [5, 5.41) is 11.7. The zero-order chi connectivity index (χ0) is 18.7. The van der Waals surface area contributed by atoms with Gasteiger partial charge < -0.3 is 14.6 Å². The van der Waals surface area contributed by atoms with Crippen molar-refractivity contribution in [2.24, 2.45) is 7.05 Å². The van der Waals surface area contributed by atoms with Crippen LogP contribution in [0.15, 0.2) is 29.4 Å². The molecular formula is C16H20N4O4S2. The molecule has 2 aromatic rings. The predicted molar refractivity (Wildman–Crippen MR) is 98.9 cm³/mol. The molecule has 0 aliphatic carbocycles. The first-order valence-electron chi connectivity index (χ1n) is 8.04. The third-order valence-electron chi connectivity index (χ3n) is 4.11. The van der Waals surface area contributed by atoms with E-state index in [1.54, 1.807) is 7.11 Å². The van der Waals surface area contributed by atoms with Gasteiger partial charge in [0.1, 0.15) is 5.75 Å². The Morgan fingerprint density at radius 3 is 2.69 bits per heavy atom. The van der Waals surface area contributed by atoms with Crippen molar-refractivity contribution in [3.8, 4) is 17.1 Å². The van der Waals surface area contributed by atoms with E-state index < -0.39 is 9.84 Å². The van der Waals surface area contributed by atoms with Crippen LogP contribution in [0.3, 0.4) is 0 Å². The second kappa shape index (κ2) is 7.67. The number of hydrogen-bond donors (Lipinski definition) is 1. The lowest BCUT2D eigenvalue weighted by Crippen LogP contribution is -2.36. The highest BCUT2D eigenvalue weighted by atomic mass is 32.2. The quantitative estimate of drug-likeness (QED) is 0.723. The number of rotatable bonds is 6. The van der Waals surface area contributed by atoms with E-state index in [1.165, 1.54) is 11.8 Å². The number of ether oxygens (including phenoxy) is 1. The molecule has 1 aliphatic rings. The van der Waals surface area contributed by atoms with Gasteiger partial charge in [-0.1, -0.05) is 11.8 Å². The zero-order valence-corrected chi connectivity index (χ0v) is 16.1. The molecule has 2 heterocycles. The molecule has 8 nitrogen and oxygen atoms in total. The van der Waals surface area contributed by atoms with Gasteiger partial charge in [-0.2, -0.15) is 0 Å². The van der Waals surface area contributed by atoms with Crippen LogP contribution in [0.2, 0.25) is 0 Å². The minimum Gasteiger partial charge on any atom is -0.497 e. The van der Waals surface area contributed by atoms with Crippen LogP contribution in [-0.4, -0.2) is 59.5 Å². The van der Waals surface area contributed by atoms with Crippen LogP contribution in [0.25, 0.3) is 11.4 Å². The number of amides is 1. The van der Waals surface area contributed by atoms with Gasteiger partial charge in [0, 0.05) is 18.7 Å². The summed E-state index contributed by atoms with van der Waals surface area (Å²) >= 11 is 1.26. The van der Waals surface area contributed by atoms with Crippen molar-refractivity contribution >= 4 is 27.5 Å². The average Bonchev–Trinajstić information content (AvgIpc) is 3.15. The standard InChI is InChI=1S/C16H20N4O4S2/c1-20-15(11-3-5-13(24-2)6-4-11)18-19-16(20)25-9-14(21)17-12-7-8-26(22,23)10-12/h3-6,12H,7-10H2,1-2H3,(H,17,21)/t12-/m1/s1. The largest absolute Gasteiger partial charge is 0.497 e. The summed E-state index contributed by atoms with van der Waals surface area (Å²) in [6.45, 7) is 0. The number of carbonyl (C=O) groups is 1. The Labute approximate surface area is 156 Å². The van der Waals surface area contributed by atoms with E-state index in [1.807, 2.05) is 35.9 Å². The molecule has 0 saturated carbocycles. The first-order valence-corrected chi connectivity index (χ1v) is 10.8. The lowest BCUT2D eigenvalue weighted by Gasteiger charge is -2.10. The van der Waals surface area contributed by atoms with Gasteiger partial charge in [0.15, 0.2) is 20.8 Å². The van der Waals surface area contributed by atoms with Crippen LogP contribution >= 0.6 is 11.8 Å². The number of hydrogen-bond acceptors (Lipinski definition) is 7. The highest BCUT2D eigenvalue weighted by Gasteiger charge is 2.28. The van der Waals surface area contributed by atoms with Gasteiger partial charge in [-0.3, -0.25) is 4.79 Å². The average molecular weight is 396 g/mol. The van der Waals surface area contributed by atoms with Crippen molar-refractivity contribution in [3.05, 3.63) is 24.3 Å². The maximum absolute atomic E-state index is 12.0. The fourth-order valence-corrected chi connectivity index (χ4v) is 5.14. The summed E-state index contributed by atoms with van der Waals surface area (Å²) < 4.78 is 29.8. The minimum absolute atomic E-state index is 0.0228. The minimum atomic E-state index is -3.00. The van der Waals surface area contributed by atoms with E-state index >= 15 is 0 Å². The highest BCUT2D eigenvalue weighted by molar-refractivity contribution is 7.99. The van der Waals surface area contributed by atoms with Gasteiger partial charge in [0.05, 0.1) is 24.4 Å². The Morgan fingerprint density at radius 1 is 1.35 bits per heavy atom. The molecule has 1 amide bonds. The Balaban J connectivity index is 1.59. The maximum Gasteiger partial charge on any atom is 0.230 e. The Kier molecular flexibility index (Phi) is 5.52. The summed E-state index contributed by atoms with van der Waals surface area (Å²) in [5.74, 6) is 1.57. The van der Waals surface area contributed by atoms with Gasteiger partial charge in [-0.05, 0) is 30.7 Å². The Morgan fingerprint density at radius 2 is 2.08 bits per heavy atom. The van der Waals surface area contributed by atoms with Gasteiger partial charge in [-0.15, -0.1) is 10.2 Å². The van der Waals surface area contributed by atoms with E-state index in [0.29, 0.717) is 17.4 Å². The molecule has 1 aromatic carbocycles. The number of carbonyl (C=O) groups excluding carboxylic acids is 1. The van der Waals surface area contributed by atoms with Gasteiger partial charge in [0.25, 0.3) is 0 Å². The Hall–Kier alpha value is -2.07. The van der Waals surface area contributed by atoms with Crippen molar-refractivity contribution in [2.45, 2.75) is 17.6 Å². The summed E-state index contributed by atoms with van der Waals surface area (Å²) in [5.41, 5.74) is 0.897. The molecule has 0 spiro atoms. The molecule has 1 fully saturated rings. The first-order chi connectivity index (χ1) is 12.4. The number of nitrogens with zero attached hydrogens (tertiary/aromatic N) is 3. The maximum atomic E-state index is 12.0. The number of methoxy groups -OCH3 is 1. The summed E-state index contributed by atoms with van der Waals surface area (Å²) in [6.07, 6.45) is 0.477. The SMILES string of the molecule is COc1ccc(-c2nnc(SCC(=O)N[C@@H]3CCS(=O)(=O)C3)n2C)cc1. The van der Waals surface area contributed by atoms with Gasteiger partial charge >= 0.3 is 0 Å². The van der Waals surface area contributed by atoms with Gasteiger partial charge in [-0.25, -0.2) is 8.42 Å². The van der Waals surface area contributed by atoms with Crippen molar-refractivity contribution in [2.75, 3.05) is 24.4 Å². The molecule has 1 aromatic heterocycles. The van der Waals surface area contributed by atoms with Crippen LogP contribution in [0.4, 0.5) is 0 Å². The normalized spacial score (nSPS) is 18.6. The van der Waals surface area contributed by atoms with E-state index in [-0.39, 0.29) is 29.2 Å². The molecule has 1 saturated heterocycles. The molecule has 0 bridgehead atoms. The van der Waals surface area contributed by atoms with E-state index in [9.17, 15) is 13.2 Å². The molecule has 26 heavy (non-hydrogen) atoms. The number of nitrogens with one attached hydrogen (secondary N) is 1. The van der Waals surface area contributed by atoms with Crippen LogP contribution in [-0.2, 0) is 21.7 Å². The molecule has 1 aliphatic heterocycles. The second-order valence-corrected chi connectivity index (χ2v) is 9.22. The number of sulfone groups is 1. The predicted octanol–water partition coefficient (Wildman–Crippen LogP) is 0.886. The fourth-order valence-electron chi connectivity index (χ4n) is 2.74. The lowest BCUT2D eigenvalue weighted by atomic mass is 10.2. The molecule has 140 valence electrons. The fraction of sp³-hybridized carbons (Fsp3) is 0.438. The monoisotopic (exact) mass is 396 g/mol. The van der Waals surface area contributed by atoms with Crippen molar-refractivity contribution in [3.63, 3.8) is 0 Å². The molecule has 0 unspecified atom stereocenters. The molecule has 1 N–H and O–H groups in total. The number of thioether (sulfide) groups is 1. The molecule has 1 atom stereocenters. The third-order valence-corrected chi connectivity index (χ3v) is 6.90. The zero-order valence-electron chi connectivity index (χ0n) is 14.5. The van der Waals surface area contributed by atoms with E-state index in [2.05, 4.69) is 15.5 Å². The van der Waals surface area contributed by atoms with E-state index in [0.717, 1.165) is 11.3 Å². The van der Waals surface area contributed by atoms with E-state index in [4.69, 9.17) is 4.74 Å². The summed E-state index contributed by atoms with van der Waals surface area (Å²) in [7, 11) is 0.442.